The van der Waals surface area contributed by atoms with Gasteiger partial charge in [0, 0.05) is 16.6 Å². The van der Waals surface area contributed by atoms with Gasteiger partial charge in [0.15, 0.2) is 0 Å². The van der Waals surface area contributed by atoms with E-state index in [-0.39, 0.29) is 28.0 Å². The highest BCUT2D eigenvalue weighted by Gasteiger charge is 2.27. The maximum Gasteiger partial charge on any atom is 0.335 e. The van der Waals surface area contributed by atoms with Crippen molar-refractivity contribution < 1.29 is 23.4 Å². The monoisotopic (exact) mass is 365 g/mol. The van der Waals surface area contributed by atoms with Crippen molar-refractivity contribution in [3.05, 3.63) is 28.2 Å². The number of halogens is 1. The molecule has 0 spiro atoms. The van der Waals surface area contributed by atoms with Gasteiger partial charge in [-0.1, -0.05) is 0 Å². The van der Waals surface area contributed by atoms with Gasteiger partial charge in [-0.2, -0.15) is 0 Å². The molecule has 0 bridgehead atoms. The minimum atomic E-state index is -3.90. The summed E-state index contributed by atoms with van der Waals surface area (Å²) < 4.78 is 27.3. The summed E-state index contributed by atoms with van der Waals surface area (Å²) >= 11 is 3.10. The zero-order valence-corrected chi connectivity index (χ0v) is 13.5. The second-order valence-electron chi connectivity index (χ2n) is 4.91. The SMILES string of the molecule is CC(C)(CCO)NS(=O)(=O)c1cc(C(=O)O)ccc1Br. The van der Waals surface area contributed by atoms with E-state index in [0.717, 1.165) is 6.07 Å². The molecule has 1 rings (SSSR count). The lowest BCUT2D eigenvalue weighted by molar-refractivity contribution is 0.0696. The molecule has 0 heterocycles. The van der Waals surface area contributed by atoms with Crippen LogP contribution >= 0.6 is 15.9 Å². The predicted molar refractivity (Wildman–Crippen MR) is 77.2 cm³/mol. The number of hydrogen-bond acceptors (Lipinski definition) is 4. The fraction of sp³-hybridized carbons (Fsp3) is 0.417. The summed E-state index contributed by atoms with van der Waals surface area (Å²) in [7, 11) is -3.90. The lowest BCUT2D eigenvalue weighted by atomic mass is 10.0. The Morgan fingerprint density at radius 1 is 1.40 bits per heavy atom. The lowest BCUT2D eigenvalue weighted by Crippen LogP contribution is -2.44. The van der Waals surface area contributed by atoms with E-state index in [2.05, 4.69) is 20.7 Å². The normalized spacial score (nSPS) is 12.4. The van der Waals surface area contributed by atoms with Gasteiger partial charge in [0.25, 0.3) is 0 Å². The molecule has 1 aromatic carbocycles. The van der Waals surface area contributed by atoms with Crippen LogP contribution in [-0.4, -0.2) is 36.7 Å². The van der Waals surface area contributed by atoms with Crippen LogP contribution in [0.5, 0.6) is 0 Å². The van der Waals surface area contributed by atoms with Gasteiger partial charge in [-0.05, 0) is 54.4 Å². The third kappa shape index (κ3) is 4.27. The number of aromatic carboxylic acids is 1. The molecule has 0 unspecified atom stereocenters. The number of aliphatic hydroxyl groups is 1. The van der Waals surface area contributed by atoms with Crippen LogP contribution in [-0.2, 0) is 10.0 Å². The first-order valence-electron chi connectivity index (χ1n) is 5.77. The summed E-state index contributed by atoms with van der Waals surface area (Å²) in [5.41, 5.74) is -0.958. The van der Waals surface area contributed by atoms with Crippen LogP contribution in [0.25, 0.3) is 0 Å². The Balaban J connectivity index is 3.22. The van der Waals surface area contributed by atoms with Crippen LogP contribution in [0.2, 0.25) is 0 Å². The van der Waals surface area contributed by atoms with Crippen molar-refractivity contribution in [1.29, 1.82) is 0 Å². The Hall–Kier alpha value is -0.960. The second kappa shape index (κ2) is 6.21. The number of aliphatic hydroxyl groups excluding tert-OH is 1. The van der Waals surface area contributed by atoms with Crippen molar-refractivity contribution in [2.45, 2.75) is 30.7 Å². The molecule has 0 atom stereocenters. The average Bonchev–Trinajstić information content (AvgIpc) is 2.26. The fourth-order valence-electron chi connectivity index (χ4n) is 1.59. The molecule has 3 N–H and O–H groups in total. The van der Waals surface area contributed by atoms with Gasteiger partial charge in [-0.3, -0.25) is 0 Å². The first-order chi connectivity index (χ1) is 9.09. The predicted octanol–water partition coefficient (Wildman–Crippen LogP) is 1.59. The van der Waals surface area contributed by atoms with Crippen LogP contribution < -0.4 is 4.72 Å². The first kappa shape index (κ1) is 17.1. The molecular weight excluding hydrogens is 350 g/mol. The van der Waals surface area contributed by atoms with E-state index in [4.69, 9.17) is 10.2 Å². The molecule has 6 nitrogen and oxygen atoms in total. The number of nitrogens with one attached hydrogen (secondary N) is 1. The molecule has 8 heteroatoms. The van der Waals surface area contributed by atoms with E-state index in [9.17, 15) is 13.2 Å². The smallest absolute Gasteiger partial charge is 0.335 e. The molecule has 0 fully saturated rings. The minimum absolute atomic E-state index is 0.117. The molecule has 0 aliphatic heterocycles. The standard InChI is InChI=1S/C12H16BrNO5S/c1-12(2,5-6-15)14-20(18,19)10-7-8(11(16)17)3-4-9(10)13/h3-4,7,14-15H,5-6H2,1-2H3,(H,16,17). The summed E-state index contributed by atoms with van der Waals surface area (Å²) in [6.07, 6.45) is 0.239. The van der Waals surface area contributed by atoms with Gasteiger partial charge in [0.1, 0.15) is 0 Å². The van der Waals surface area contributed by atoms with Crippen molar-refractivity contribution in [1.82, 2.24) is 4.72 Å². The highest BCUT2D eigenvalue weighted by atomic mass is 79.9. The molecule has 0 radical (unpaired) electrons. The molecule has 0 saturated heterocycles. The quantitative estimate of drug-likeness (QED) is 0.709. The molecule has 0 aliphatic carbocycles. The van der Waals surface area contributed by atoms with Crippen LogP contribution in [0.15, 0.2) is 27.6 Å². The first-order valence-corrected chi connectivity index (χ1v) is 8.04. The van der Waals surface area contributed by atoms with Gasteiger partial charge in [0.05, 0.1) is 10.5 Å². The Morgan fingerprint density at radius 3 is 2.50 bits per heavy atom. The van der Waals surface area contributed by atoms with E-state index >= 15 is 0 Å². The van der Waals surface area contributed by atoms with Gasteiger partial charge in [-0.15, -0.1) is 0 Å². The van der Waals surface area contributed by atoms with Crippen LogP contribution in [0, 0.1) is 0 Å². The molecule has 0 saturated carbocycles. The van der Waals surface area contributed by atoms with E-state index in [1.54, 1.807) is 13.8 Å². The summed E-state index contributed by atoms with van der Waals surface area (Å²) in [5.74, 6) is -1.21. The molecule has 0 aromatic heterocycles. The summed E-state index contributed by atoms with van der Waals surface area (Å²) in [4.78, 5) is 10.8. The summed E-state index contributed by atoms with van der Waals surface area (Å²) in [5, 5.41) is 17.8. The van der Waals surface area contributed by atoms with Crippen LogP contribution in [0.3, 0.4) is 0 Å². The third-order valence-electron chi connectivity index (χ3n) is 2.62. The molecule has 0 amide bonds. The van der Waals surface area contributed by atoms with E-state index in [1.165, 1.54) is 12.1 Å². The van der Waals surface area contributed by atoms with Gasteiger partial charge in [0.2, 0.25) is 10.0 Å². The molecule has 112 valence electrons. The van der Waals surface area contributed by atoms with Gasteiger partial charge >= 0.3 is 5.97 Å². The number of rotatable bonds is 6. The summed E-state index contributed by atoms with van der Waals surface area (Å²) in [6, 6.07) is 3.77. The Morgan fingerprint density at radius 2 is 2.00 bits per heavy atom. The molecule has 20 heavy (non-hydrogen) atoms. The van der Waals surface area contributed by atoms with E-state index in [1.807, 2.05) is 0 Å². The van der Waals surface area contributed by atoms with Gasteiger partial charge in [-0.25, -0.2) is 17.9 Å². The maximum atomic E-state index is 12.3. The van der Waals surface area contributed by atoms with Crippen molar-refractivity contribution in [3.8, 4) is 0 Å². The van der Waals surface area contributed by atoms with Crippen LogP contribution in [0.1, 0.15) is 30.6 Å². The zero-order chi connectivity index (χ0) is 15.6. The van der Waals surface area contributed by atoms with E-state index in [0.29, 0.717) is 0 Å². The van der Waals surface area contributed by atoms with E-state index < -0.39 is 21.5 Å². The number of carboxylic acid groups (broad SMARTS) is 1. The average molecular weight is 366 g/mol. The van der Waals surface area contributed by atoms with Gasteiger partial charge < -0.3 is 10.2 Å². The molecule has 1 aromatic rings. The Bertz CT molecular complexity index is 612. The Kier molecular flexibility index (Phi) is 5.31. The topological polar surface area (TPSA) is 104 Å². The van der Waals surface area contributed by atoms with Crippen LogP contribution in [0.4, 0.5) is 0 Å². The number of carboxylic acids is 1. The minimum Gasteiger partial charge on any atom is -0.478 e. The van der Waals surface area contributed by atoms with Crippen molar-refractivity contribution in [3.63, 3.8) is 0 Å². The second-order valence-corrected chi connectivity index (χ2v) is 7.42. The highest BCUT2D eigenvalue weighted by molar-refractivity contribution is 9.10. The highest BCUT2D eigenvalue weighted by Crippen LogP contribution is 2.25. The largest absolute Gasteiger partial charge is 0.478 e. The Labute approximate surface area is 126 Å². The third-order valence-corrected chi connectivity index (χ3v) is 5.31. The number of benzene rings is 1. The summed E-state index contributed by atoms with van der Waals surface area (Å²) in [6.45, 7) is 3.11. The number of carbonyl (C=O) groups is 1. The number of hydrogen-bond donors (Lipinski definition) is 3. The van der Waals surface area contributed by atoms with Crippen molar-refractivity contribution in [2.24, 2.45) is 0 Å². The number of sulfonamides is 1. The maximum absolute atomic E-state index is 12.3. The van der Waals surface area contributed by atoms with Crippen molar-refractivity contribution in [2.75, 3.05) is 6.61 Å². The zero-order valence-electron chi connectivity index (χ0n) is 11.1. The molecule has 0 aliphatic rings. The van der Waals surface area contributed by atoms with Crippen molar-refractivity contribution >= 4 is 31.9 Å². The lowest BCUT2D eigenvalue weighted by Gasteiger charge is -2.25. The fourth-order valence-corrected chi connectivity index (χ4v) is 4.02. The molecular formula is C12H16BrNO5S.